The first-order valence-corrected chi connectivity index (χ1v) is 9.67. The summed E-state index contributed by atoms with van der Waals surface area (Å²) in [6, 6.07) is 8.37. The van der Waals surface area contributed by atoms with E-state index in [0.29, 0.717) is 30.5 Å². The number of urea groups is 1. The van der Waals surface area contributed by atoms with Gasteiger partial charge in [-0.2, -0.15) is 5.26 Å². The summed E-state index contributed by atoms with van der Waals surface area (Å²) >= 11 is 0. The zero-order valence-electron chi connectivity index (χ0n) is 16.1. The van der Waals surface area contributed by atoms with E-state index in [1.165, 1.54) is 19.3 Å². The van der Waals surface area contributed by atoms with Gasteiger partial charge in [0.25, 0.3) is 0 Å². The Morgan fingerprint density at radius 2 is 1.96 bits per heavy atom. The number of carbonyl (C=O) groups excluding carboxylic acids is 1. The maximum atomic E-state index is 12.0. The van der Waals surface area contributed by atoms with Crippen LogP contribution in [0.15, 0.2) is 18.2 Å². The van der Waals surface area contributed by atoms with Gasteiger partial charge in [-0.1, -0.05) is 25.3 Å². The summed E-state index contributed by atoms with van der Waals surface area (Å²) in [5.74, 6) is 0.560. The molecule has 1 heterocycles. The molecule has 2 aromatic rings. The number of carbonyl (C=O) groups is 1. The van der Waals surface area contributed by atoms with Gasteiger partial charge in [0.05, 0.1) is 11.1 Å². The fraction of sp³-hybridized carbons (Fsp3) is 0.476. The van der Waals surface area contributed by atoms with Crippen molar-refractivity contribution in [2.24, 2.45) is 0 Å². The summed E-state index contributed by atoms with van der Waals surface area (Å²) in [6.45, 7) is 5.04. The third-order valence-electron chi connectivity index (χ3n) is 5.05. The van der Waals surface area contributed by atoms with Crippen LogP contribution >= 0.6 is 0 Å². The molecule has 0 aliphatic heterocycles. The van der Waals surface area contributed by atoms with Gasteiger partial charge in [-0.15, -0.1) is 0 Å². The van der Waals surface area contributed by atoms with Crippen molar-refractivity contribution in [2.75, 3.05) is 18.4 Å². The summed E-state index contributed by atoms with van der Waals surface area (Å²) in [5.41, 5.74) is 3.64. The molecule has 142 valence electrons. The molecular weight excluding hydrogens is 338 g/mol. The normalized spacial score (nSPS) is 14.6. The number of nitrogens with one attached hydrogen (secondary N) is 3. The standard InChI is InChI=1S/C21H27N5O/c1-14-10-15(2)18-12-16(13-22)20(26-19(18)11-14)23-8-9-24-21(27)25-17-6-4-3-5-7-17/h10-12,17H,3-9H2,1-2H3,(H,23,26)(H2,24,25,27). The second-order valence-electron chi connectivity index (χ2n) is 7.31. The summed E-state index contributed by atoms with van der Waals surface area (Å²) in [4.78, 5) is 16.6. The monoisotopic (exact) mass is 365 g/mol. The van der Waals surface area contributed by atoms with Crippen LogP contribution < -0.4 is 16.0 Å². The number of rotatable bonds is 5. The smallest absolute Gasteiger partial charge is 0.315 e. The van der Waals surface area contributed by atoms with Crippen LogP contribution in [0.1, 0.15) is 48.8 Å². The zero-order valence-corrected chi connectivity index (χ0v) is 16.1. The minimum Gasteiger partial charge on any atom is -0.367 e. The van der Waals surface area contributed by atoms with E-state index in [0.717, 1.165) is 34.9 Å². The lowest BCUT2D eigenvalue weighted by molar-refractivity contribution is 0.233. The van der Waals surface area contributed by atoms with Crippen molar-refractivity contribution in [2.45, 2.75) is 52.0 Å². The molecular formula is C21H27N5O. The van der Waals surface area contributed by atoms with Crippen molar-refractivity contribution < 1.29 is 4.79 Å². The van der Waals surface area contributed by atoms with Crippen LogP contribution in [0, 0.1) is 25.2 Å². The van der Waals surface area contributed by atoms with E-state index >= 15 is 0 Å². The molecule has 1 aromatic carbocycles. The number of hydrogen-bond donors (Lipinski definition) is 3. The molecule has 1 aliphatic rings. The predicted molar refractivity (Wildman–Crippen MR) is 108 cm³/mol. The number of hydrogen-bond acceptors (Lipinski definition) is 4. The van der Waals surface area contributed by atoms with Crippen molar-refractivity contribution in [3.05, 3.63) is 34.9 Å². The Labute approximate surface area is 160 Å². The Morgan fingerprint density at radius 1 is 1.19 bits per heavy atom. The van der Waals surface area contributed by atoms with Crippen LogP contribution in [0.2, 0.25) is 0 Å². The molecule has 0 radical (unpaired) electrons. The number of aromatic nitrogens is 1. The number of pyridine rings is 1. The molecule has 1 saturated carbocycles. The summed E-state index contributed by atoms with van der Waals surface area (Å²) in [5, 5.41) is 19.5. The second-order valence-corrected chi connectivity index (χ2v) is 7.31. The molecule has 1 aromatic heterocycles. The van der Waals surface area contributed by atoms with E-state index in [1.807, 2.05) is 26.0 Å². The van der Waals surface area contributed by atoms with Gasteiger partial charge in [0, 0.05) is 24.5 Å². The Bertz CT molecular complexity index is 865. The molecule has 0 saturated heterocycles. The molecule has 3 rings (SSSR count). The van der Waals surface area contributed by atoms with Gasteiger partial charge in [-0.05, 0) is 49.9 Å². The number of nitrogens with zero attached hydrogens (tertiary/aromatic N) is 2. The van der Waals surface area contributed by atoms with E-state index in [9.17, 15) is 10.1 Å². The molecule has 6 nitrogen and oxygen atoms in total. The first kappa shape index (κ1) is 19.0. The quantitative estimate of drug-likeness (QED) is 0.704. The van der Waals surface area contributed by atoms with Crippen molar-refractivity contribution in [3.63, 3.8) is 0 Å². The van der Waals surface area contributed by atoms with Gasteiger partial charge in [0.15, 0.2) is 0 Å². The Balaban J connectivity index is 1.56. The average molecular weight is 365 g/mol. The molecule has 0 atom stereocenters. The van der Waals surface area contributed by atoms with Crippen LogP contribution in [0.25, 0.3) is 10.9 Å². The summed E-state index contributed by atoms with van der Waals surface area (Å²) in [7, 11) is 0. The van der Waals surface area contributed by atoms with Crippen molar-refractivity contribution in [1.82, 2.24) is 15.6 Å². The van der Waals surface area contributed by atoms with E-state index < -0.39 is 0 Å². The Hall–Kier alpha value is -2.81. The van der Waals surface area contributed by atoms with Gasteiger partial charge < -0.3 is 16.0 Å². The SMILES string of the molecule is Cc1cc(C)c2cc(C#N)c(NCCNC(=O)NC3CCCCC3)nc2c1. The van der Waals surface area contributed by atoms with Crippen LogP contribution in [-0.4, -0.2) is 30.1 Å². The first-order valence-electron chi connectivity index (χ1n) is 9.67. The van der Waals surface area contributed by atoms with Crippen molar-refractivity contribution in [3.8, 4) is 6.07 Å². The van der Waals surface area contributed by atoms with Crippen LogP contribution in [0.5, 0.6) is 0 Å². The third kappa shape index (κ3) is 4.88. The maximum Gasteiger partial charge on any atom is 0.315 e. The minimum atomic E-state index is -0.123. The number of nitriles is 1. The second kappa shape index (κ2) is 8.72. The van der Waals surface area contributed by atoms with Crippen molar-refractivity contribution in [1.29, 1.82) is 5.26 Å². The largest absolute Gasteiger partial charge is 0.367 e. The molecule has 1 fully saturated rings. The topological polar surface area (TPSA) is 89.8 Å². The van der Waals surface area contributed by atoms with Gasteiger partial charge >= 0.3 is 6.03 Å². The van der Waals surface area contributed by atoms with E-state index in [2.05, 4.69) is 33.1 Å². The molecule has 1 aliphatic carbocycles. The zero-order chi connectivity index (χ0) is 19.2. The Kier molecular flexibility index (Phi) is 6.12. The summed E-state index contributed by atoms with van der Waals surface area (Å²) < 4.78 is 0. The number of fused-ring (bicyclic) bond motifs is 1. The maximum absolute atomic E-state index is 12.0. The molecule has 0 bridgehead atoms. The van der Waals surface area contributed by atoms with Crippen molar-refractivity contribution >= 4 is 22.8 Å². The number of benzene rings is 1. The highest BCUT2D eigenvalue weighted by Crippen LogP contribution is 2.24. The lowest BCUT2D eigenvalue weighted by Gasteiger charge is -2.22. The number of anilines is 1. The highest BCUT2D eigenvalue weighted by molar-refractivity contribution is 5.86. The lowest BCUT2D eigenvalue weighted by Crippen LogP contribution is -2.44. The molecule has 27 heavy (non-hydrogen) atoms. The summed E-state index contributed by atoms with van der Waals surface area (Å²) in [6.07, 6.45) is 5.78. The molecule has 3 N–H and O–H groups in total. The molecule has 0 unspecified atom stereocenters. The number of aryl methyl sites for hydroxylation is 2. The minimum absolute atomic E-state index is 0.123. The lowest BCUT2D eigenvalue weighted by atomic mass is 9.96. The molecule has 0 spiro atoms. The van der Waals surface area contributed by atoms with E-state index in [-0.39, 0.29) is 6.03 Å². The average Bonchev–Trinajstić information content (AvgIpc) is 2.65. The molecule has 2 amide bonds. The van der Waals surface area contributed by atoms with Gasteiger partial charge in [-0.25, -0.2) is 9.78 Å². The van der Waals surface area contributed by atoms with E-state index in [4.69, 9.17) is 0 Å². The third-order valence-corrected chi connectivity index (χ3v) is 5.05. The Morgan fingerprint density at radius 3 is 2.70 bits per heavy atom. The fourth-order valence-electron chi connectivity index (χ4n) is 3.69. The highest BCUT2D eigenvalue weighted by atomic mass is 16.2. The number of amides is 2. The van der Waals surface area contributed by atoms with E-state index in [1.54, 1.807) is 0 Å². The van der Waals surface area contributed by atoms with Crippen LogP contribution in [-0.2, 0) is 0 Å². The highest BCUT2D eigenvalue weighted by Gasteiger charge is 2.15. The van der Waals surface area contributed by atoms with Gasteiger partial charge in [0.1, 0.15) is 11.9 Å². The molecule has 6 heteroatoms. The predicted octanol–water partition coefficient (Wildman–Crippen LogP) is 3.77. The van der Waals surface area contributed by atoms with Crippen LogP contribution in [0.4, 0.5) is 10.6 Å². The van der Waals surface area contributed by atoms with Gasteiger partial charge in [0.2, 0.25) is 0 Å². The fourth-order valence-corrected chi connectivity index (χ4v) is 3.69. The van der Waals surface area contributed by atoms with Gasteiger partial charge in [-0.3, -0.25) is 0 Å². The first-order chi connectivity index (χ1) is 13.1. The van der Waals surface area contributed by atoms with Crippen LogP contribution in [0.3, 0.4) is 0 Å².